The summed E-state index contributed by atoms with van der Waals surface area (Å²) < 4.78 is 30.6. The van der Waals surface area contributed by atoms with Crippen molar-refractivity contribution >= 4 is 0 Å². The van der Waals surface area contributed by atoms with Crippen LogP contribution in [0.3, 0.4) is 0 Å². The predicted octanol–water partition coefficient (Wildman–Crippen LogP) is 0.899. The van der Waals surface area contributed by atoms with E-state index in [1.165, 1.54) is 6.92 Å². The van der Waals surface area contributed by atoms with Crippen LogP contribution in [0.15, 0.2) is 0 Å². The Balaban J connectivity index is 3.13. The van der Waals surface area contributed by atoms with E-state index in [1.54, 1.807) is 13.8 Å². The van der Waals surface area contributed by atoms with Crippen molar-refractivity contribution in [3.05, 3.63) is 0 Å². The van der Waals surface area contributed by atoms with Crippen molar-refractivity contribution in [2.45, 2.75) is 44.7 Å². The van der Waals surface area contributed by atoms with Gasteiger partial charge in [0, 0.05) is 17.5 Å². The minimum atomic E-state index is -2.13. The van der Waals surface area contributed by atoms with Crippen LogP contribution in [-0.4, -0.2) is 22.7 Å². The fraction of sp³-hybridized carbons (Fsp3) is 1.00. The Hall–Kier alpha value is -0.0800. The van der Waals surface area contributed by atoms with Gasteiger partial charge in [0.25, 0.3) is 0 Å². The van der Waals surface area contributed by atoms with Crippen molar-refractivity contribution < 1.29 is 10.6 Å². The van der Waals surface area contributed by atoms with Gasteiger partial charge in [-0.15, -0.1) is 0 Å². The second kappa shape index (κ2) is 2.21. The molecule has 0 aromatic carbocycles. The first-order valence-electron chi connectivity index (χ1n) is 5.43. The van der Waals surface area contributed by atoms with Crippen molar-refractivity contribution in [3.8, 4) is 0 Å². The molecule has 0 bridgehead atoms. The first-order valence-corrected chi connectivity index (χ1v) is 3.43. The lowest BCUT2D eigenvalue weighted by Crippen LogP contribution is -2.53. The van der Waals surface area contributed by atoms with Gasteiger partial charge in [0.15, 0.2) is 0 Å². The van der Waals surface area contributed by atoms with Crippen molar-refractivity contribution in [1.82, 2.24) is 5.32 Å². The molecule has 0 spiro atoms. The molecule has 2 nitrogen and oxygen atoms in total. The zero-order valence-electron chi connectivity index (χ0n) is 10.7. The molecule has 1 heterocycles. The van der Waals surface area contributed by atoms with Gasteiger partial charge in [0.2, 0.25) is 0 Å². The lowest BCUT2D eigenvalue weighted by atomic mass is 9.85. The van der Waals surface area contributed by atoms with Gasteiger partial charge in [-0.05, 0) is 33.6 Å². The molecule has 1 fully saturated rings. The lowest BCUT2D eigenvalue weighted by Gasteiger charge is -2.39. The Morgan fingerprint density at radius 2 is 2.10 bits per heavy atom. The third-order valence-corrected chi connectivity index (χ3v) is 1.52. The topological polar surface area (TPSA) is 32.3 Å². The van der Waals surface area contributed by atoms with E-state index in [9.17, 15) is 5.11 Å². The Kier molecular flexibility index (Phi) is 0.899. The molecule has 0 aromatic rings. The quantitative estimate of drug-likeness (QED) is 0.533. The molecule has 1 rings (SSSR count). The molecule has 0 aromatic heterocycles. The largest absolute Gasteiger partial charge is 0.389 e. The molecule has 1 aliphatic rings. The van der Waals surface area contributed by atoms with Crippen molar-refractivity contribution in [2.24, 2.45) is 0 Å². The molecule has 2 heteroatoms. The summed E-state index contributed by atoms with van der Waals surface area (Å²) in [5, 5.41) is 12.5. The highest BCUT2D eigenvalue weighted by atomic mass is 16.3. The lowest BCUT2D eigenvalue weighted by molar-refractivity contribution is 0.0108. The third kappa shape index (κ3) is 1.96. The molecule has 0 radical (unpaired) electrons. The normalized spacial score (nSPS) is 55.6. The molecule has 0 saturated carbocycles. The summed E-state index contributed by atoms with van der Waals surface area (Å²) in [7, 11) is 0. The zero-order chi connectivity index (χ0) is 11.4. The van der Waals surface area contributed by atoms with Crippen LogP contribution in [0.25, 0.3) is 0 Å². The Bertz CT molecular complexity index is 228. The maximum Gasteiger partial charge on any atom is 0.0744 e. The number of hydrogen-bond acceptors (Lipinski definition) is 2. The number of β-amino-alcohol motifs (C(OH)–C–C–N with tert-alkyl or cyclic N) is 1. The van der Waals surface area contributed by atoms with Crippen LogP contribution < -0.4 is 5.32 Å². The first-order chi connectivity index (χ1) is 5.91. The monoisotopic (exact) mass is 147 g/mol. The van der Waals surface area contributed by atoms with Crippen LogP contribution >= 0.6 is 0 Å². The molecular formula is C8H17NO. The standard InChI is InChI=1S/C8H17NO/c1-7(2)4-5-8(3,10)6-9-7/h9-10H,4-6H2,1-3H3/i5D2,6D2. The summed E-state index contributed by atoms with van der Waals surface area (Å²) in [5.41, 5.74) is -2.68. The van der Waals surface area contributed by atoms with E-state index in [-0.39, 0.29) is 6.42 Å². The van der Waals surface area contributed by atoms with Crippen LogP contribution in [-0.2, 0) is 0 Å². The molecular weight excluding hydrogens is 126 g/mol. The number of piperidine rings is 1. The number of aliphatic hydroxyl groups is 1. The molecule has 0 amide bonds. The van der Waals surface area contributed by atoms with Gasteiger partial charge < -0.3 is 10.4 Å². The highest BCUT2D eigenvalue weighted by molar-refractivity contribution is 4.91. The van der Waals surface area contributed by atoms with Crippen molar-refractivity contribution in [2.75, 3.05) is 6.50 Å². The molecule has 0 aliphatic carbocycles. The summed E-state index contributed by atoms with van der Waals surface area (Å²) in [6.45, 7) is 2.50. The second-order valence-corrected chi connectivity index (χ2v) is 3.56. The fourth-order valence-corrected chi connectivity index (χ4v) is 0.772. The van der Waals surface area contributed by atoms with Gasteiger partial charge in [-0.25, -0.2) is 0 Å². The van der Waals surface area contributed by atoms with Crippen LogP contribution in [0.4, 0.5) is 0 Å². The maximum atomic E-state index is 9.85. The van der Waals surface area contributed by atoms with E-state index in [1.807, 2.05) is 0 Å². The van der Waals surface area contributed by atoms with Gasteiger partial charge in [0.05, 0.1) is 5.60 Å². The van der Waals surface area contributed by atoms with E-state index in [0.29, 0.717) is 0 Å². The minimum absolute atomic E-state index is 0.0759. The Labute approximate surface area is 68.3 Å². The van der Waals surface area contributed by atoms with Crippen LogP contribution in [0, 0.1) is 0 Å². The summed E-state index contributed by atoms with van der Waals surface area (Å²) in [6, 6.07) is 0. The number of rotatable bonds is 0. The van der Waals surface area contributed by atoms with Crippen molar-refractivity contribution in [1.29, 1.82) is 0 Å². The van der Waals surface area contributed by atoms with E-state index < -0.39 is 24.0 Å². The van der Waals surface area contributed by atoms with Gasteiger partial charge in [-0.2, -0.15) is 0 Å². The molecule has 10 heavy (non-hydrogen) atoms. The predicted molar refractivity (Wildman–Crippen MR) is 41.9 cm³/mol. The minimum Gasteiger partial charge on any atom is -0.389 e. The second-order valence-electron chi connectivity index (χ2n) is 3.56. The van der Waals surface area contributed by atoms with Gasteiger partial charge >= 0.3 is 0 Å². The summed E-state index contributed by atoms with van der Waals surface area (Å²) in [6.07, 6.45) is -1.86. The molecule has 1 atom stereocenters. The third-order valence-electron chi connectivity index (χ3n) is 1.52. The van der Waals surface area contributed by atoms with Gasteiger partial charge in [0.1, 0.15) is 0 Å². The number of nitrogens with one attached hydrogen (secondary N) is 1. The van der Waals surface area contributed by atoms with Crippen molar-refractivity contribution in [3.63, 3.8) is 0 Å². The highest BCUT2D eigenvalue weighted by Crippen LogP contribution is 2.24. The molecule has 60 valence electrons. The van der Waals surface area contributed by atoms with E-state index in [2.05, 4.69) is 5.32 Å². The SMILES string of the molecule is [2H]C1([2H])CC(C)(C)NC([2H])([2H])C1(C)O. The zero-order valence-corrected chi connectivity index (χ0v) is 6.65. The van der Waals surface area contributed by atoms with E-state index >= 15 is 0 Å². The van der Waals surface area contributed by atoms with E-state index in [4.69, 9.17) is 5.48 Å². The molecule has 2 N–H and O–H groups in total. The van der Waals surface area contributed by atoms with E-state index in [0.717, 1.165) is 0 Å². The molecule has 1 aliphatic heterocycles. The summed E-state index contributed by atoms with van der Waals surface area (Å²) in [4.78, 5) is 0. The van der Waals surface area contributed by atoms with Crippen LogP contribution in [0.5, 0.6) is 0 Å². The highest BCUT2D eigenvalue weighted by Gasteiger charge is 2.31. The number of hydrogen-bond donors (Lipinski definition) is 2. The average molecular weight is 147 g/mol. The van der Waals surface area contributed by atoms with Crippen LogP contribution in [0.1, 0.15) is 39.0 Å². The molecule has 1 unspecified atom stereocenters. The first kappa shape index (κ1) is 4.07. The van der Waals surface area contributed by atoms with Gasteiger partial charge in [-0.3, -0.25) is 0 Å². The average Bonchev–Trinajstić information content (AvgIpc) is 1.77. The Morgan fingerprint density at radius 3 is 2.60 bits per heavy atom. The molecule has 1 saturated heterocycles. The summed E-state index contributed by atoms with van der Waals surface area (Å²) in [5.74, 6) is 0. The fourth-order valence-electron chi connectivity index (χ4n) is 0.772. The van der Waals surface area contributed by atoms with Crippen LogP contribution in [0.2, 0.25) is 0 Å². The maximum absolute atomic E-state index is 9.85. The Morgan fingerprint density at radius 1 is 1.50 bits per heavy atom. The van der Waals surface area contributed by atoms with Gasteiger partial charge in [-0.1, -0.05) is 0 Å². The summed E-state index contributed by atoms with van der Waals surface area (Å²) >= 11 is 0. The smallest absolute Gasteiger partial charge is 0.0744 e.